The third-order valence-corrected chi connectivity index (χ3v) is 8.67. The van der Waals surface area contributed by atoms with Gasteiger partial charge in [0.2, 0.25) is 11.8 Å². The van der Waals surface area contributed by atoms with E-state index in [4.69, 9.17) is 10.5 Å². The topological polar surface area (TPSA) is 105 Å². The Kier molecular flexibility index (Phi) is 9.98. The van der Waals surface area contributed by atoms with Gasteiger partial charge in [-0.2, -0.15) is 0 Å². The molecule has 8 nitrogen and oxygen atoms in total. The van der Waals surface area contributed by atoms with Crippen molar-refractivity contribution in [1.82, 2.24) is 15.1 Å². The zero-order valence-corrected chi connectivity index (χ0v) is 25.5. The summed E-state index contributed by atoms with van der Waals surface area (Å²) < 4.78 is 6.36. The Morgan fingerprint density at radius 2 is 1.64 bits per heavy atom. The lowest BCUT2D eigenvalue weighted by Crippen LogP contribution is -2.55. The van der Waals surface area contributed by atoms with Crippen LogP contribution in [0.5, 0.6) is 5.75 Å². The summed E-state index contributed by atoms with van der Waals surface area (Å²) >= 11 is 1.60. The number of methoxy groups -OCH3 is 1. The van der Waals surface area contributed by atoms with E-state index in [-0.39, 0.29) is 23.8 Å². The first-order valence-electron chi connectivity index (χ1n) is 13.8. The summed E-state index contributed by atoms with van der Waals surface area (Å²) in [6.45, 7) is 1.86. The number of thiophene rings is 1. The molecular weight excluding hydrogens is 548 g/mol. The maximum atomic E-state index is 14.3. The standard InChI is InChI=1S/C33H38N4O4S/c1-21(34)23-9-8-10-24(18-23)32(39)37(4)29(19-25-20-42-30-12-7-6-11-27(25)30)33(40)36(3)28(31(38)35-2)17-22-13-15-26(41-5)16-14-22/h6-16,18,20-21,28-29H,17,19,34H2,1-5H3,(H,35,38)/t21?,28-,29-/m1/s1. The van der Waals surface area contributed by atoms with Gasteiger partial charge in [-0.1, -0.05) is 42.5 Å². The highest BCUT2D eigenvalue weighted by Gasteiger charge is 2.35. The monoisotopic (exact) mass is 586 g/mol. The molecule has 0 fully saturated rings. The van der Waals surface area contributed by atoms with Gasteiger partial charge in [0.1, 0.15) is 17.8 Å². The summed E-state index contributed by atoms with van der Waals surface area (Å²) in [6, 6.07) is 20.7. The average Bonchev–Trinajstić information content (AvgIpc) is 3.43. The maximum Gasteiger partial charge on any atom is 0.254 e. The molecule has 42 heavy (non-hydrogen) atoms. The molecule has 0 saturated heterocycles. The molecule has 0 aliphatic rings. The van der Waals surface area contributed by atoms with Crippen molar-refractivity contribution in [3.8, 4) is 5.75 Å². The summed E-state index contributed by atoms with van der Waals surface area (Å²) in [6.07, 6.45) is 0.597. The van der Waals surface area contributed by atoms with E-state index in [1.807, 2.05) is 66.9 Å². The molecule has 0 spiro atoms. The van der Waals surface area contributed by atoms with Crippen LogP contribution in [0.3, 0.4) is 0 Å². The van der Waals surface area contributed by atoms with Crippen LogP contribution in [0.2, 0.25) is 0 Å². The summed E-state index contributed by atoms with van der Waals surface area (Å²) in [7, 11) is 6.41. The fourth-order valence-corrected chi connectivity index (χ4v) is 6.01. The zero-order chi connectivity index (χ0) is 30.4. The summed E-state index contributed by atoms with van der Waals surface area (Å²) in [4.78, 5) is 44.2. The largest absolute Gasteiger partial charge is 0.497 e. The van der Waals surface area contributed by atoms with Crippen molar-refractivity contribution in [2.45, 2.75) is 37.9 Å². The molecular formula is C33H38N4O4S. The summed E-state index contributed by atoms with van der Waals surface area (Å²) in [5.74, 6) is -0.210. The van der Waals surface area contributed by atoms with Gasteiger partial charge in [-0.3, -0.25) is 14.4 Å². The smallest absolute Gasteiger partial charge is 0.254 e. The van der Waals surface area contributed by atoms with Gasteiger partial charge in [0, 0.05) is 50.3 Å². The number of nitrogens with one attached hydrogen (secondary N) is 1. The molecule has 1 aromatic heterocycles. The Morgan fingerprint density at radius 1 is 0.929 bits per heavy atom. The van der Waals surface area contributed by atoms with Gasteiger partial charge in [-0.25, -0.2) is 0 Å². The second-order valence-electron chi connectivity index (χ2n) is 10.4. The van der Waals surface area contributed by atoms with Crippen LogP contribution < -0.4 is 15.8 Å². The molecule has 4 rings (SSSR count). The number of likely N-dealkylation sites (N-methyl/N-ethyl adjacent to an activating group) is 3. The van der Waals surface area contributed by atoms with Crippen LogP contribution in [-0.4, -0.2) is 67.9 Å². The number of nitrogens with two attached hydrogens (primary N) is 1. The lowest BCUT2D eigenvalue weighted by Gasteiger charge is -2.34. The van der Waals surface area contributed by atoms with Gasteiger partial charge in [0.25, 0.3) is 5.91 Å². The van der Waals surface area contributed by atoms with E-state index in [1.165, 1.54) is 9.80 Å². The highest BCUT2D eigenvalue weighted by atomic mass is 32.1. The normalized spacial score (nSPS) is 13.2. The molecule has 0 saturated carbocycles. The van der Waals surface area contributed by atoms with Gasteiger partial charge in [-0.05, 0) is 64.7 Å². The van der Waals surface area contributed by atoms with E-state index in [1.54, 1.807) is 57.8 Å². The Balaban J connectivity index is 1.69. The molecule has 0 bridgehead atoms. The first-order valence-corrected chi connectivity index (χ1v) is 14.7. The van der Waals surface area contributed by atoms with Crippen LogP contribution in [0.1, 0.15) is 40.0 Å². The Hall–Kier alpha value is -4.21. The number of carbonyl (C=O) groups is 3. The lowest BCUT2D eigenvalue weighted by molar-refractivity contribution is -0.142. The molecule has 220 valence electrons. The number of fused-ring (bicyclic) bond motifs is 1. The minimum atomic E-state index is -0.859. The van der Waals surface area contributed by atoms with Crippen LogP contribution in [-0.2, 0) is 22.4 Å². The van der Waals surface area contributed by atoms with E-state index >= 15 is 0 Å². The Morgan fingerprint density at radius 3 is 2.31 bits per heavy atom. The molecule has 3 amide bonds. The van der Waals surface area contributed by atoms with Gasteiger partial charge >= 0.3 is 0 Å². The molecule has 3 aromatic carbocycles. The molecule has 4 aromatic rings. The Labute approximate surface area is 251 Å². The van der Waals surface area contributed by atoms with Crippen molar-refractivity contribution >= 4 is 39.1 Å². The average molecular weight is 587 g/mol. The molecule has 0 aliphatic heterocycles. The summed E-state index contributed by atoms with van der Waals surface area (Å²) in [5.41, 5.74) is 9.20. The van der Waals surface area contributed by atoms with Crippen LogP contribution in [0.25, 0.3) is 10.1 Å². The van der Waals surface area contributed by atoms with Crippen molar-refractivity contribution in [2.75, 3.05) is 28.3 Å². The van der Waals surface area contributed by atoms with E-state index in [0.717, 1.165) is 26.8 Å². The Bertz CT molecular complexity index is 1550. The first kappa shape index (κ1) is 30.7. The van der Waals surface area contributed by atoms with Crippen LogP contribution in [0, 0.1) is 0 Å². The van der Waals surface area contributed by atoms with Crippen molar-refractivity contribution in [3.63, 3.8) is 0 Å². The number of hydrogen-bond acceptors (Lipinski definition) is 6. The predicted molar refractivity (Wildman–Crippen MR) is 168 cm³/mol. The third-order valence-electron chi connectivity index (χ3n) is 7.66. The minimum absolute atomic E-state index is 0.241. The first-order chi connectivity index (χ1) is 20.1. The molecule has 3 atom stereocenters. The van der Waals surface area contributed by atoms with Crippen molar-refractivity contribution in [3.05, 3.63) is 100 Å². The van der Waals surface area contributed by atoms with E-state index in [2.05, 4.69) is 5.32 Å². The maximum absolute atomic E-state index is 14.3. The SMILES string of the molecule is CNC(=O)[C@@H](Cc1ccc(OC)cc1)N(C)C(=O)[C@@H](Cc1csc2ccccc12)N(C)C(=O)c1cccc(C(C)N)c1. The molecule has 1 unspecified atom stereocenters. The number of amides is 3. The van der Waals surface area contributed by atoms with Crippen LogP contribution in [0.4, 0.5) is 0 Å². The number of carbonyl (C=O) groups excluding carboxylic acids is 3. The number of nitrogens with zero attached hydrogens (tertiary/aromatic N) is 2. The number of rotatable bonds is 11. The second-order valence-corrected chi connectivity index (χ2v) is 11.3. The lowest BCUT2D eigenvalue weighted by atomic mass is 9.99. The predicted octanol–water partition coefficient (Wildman–Crippen LogP) is 4.43. The highest BCUT2D eigenvalue weighted by molar-refractivity contribution is 7.17. The zero-order valence-electron chi connectivity index (χ0n) is 24.7. The second kappa shape index (κ2) is 13.6. The van der Waals surface area contributed by atoms with E-state index < -0.39 is 12.1 Å². The van der Waals surface area contributed by atoms with Gasteiger partial charge in [0.05, 0.1) is 7.11 Å². The molecule has 9 heteroatoms. The fourth-order valence-electron chi connectivity index (χ4n) is 5.03. The minimum Gasteiger partial charge on any atom is -0.497 e. The summed E-state index contributed by atoms with van der Waals surface area (Å²) in [5, 5.41) is 5.78. The molecule has 0 aliphatic carbocycles. The van der Waals surface area contributed by atoms with Crippen molar-refractivity contribution in [1.29, 1.82) is 0 Å². The van der Waals surface area contributed by atoms with Crippen molar-refractivity contribution in [2.24, 2.45) is 5.73 Å². The third kappa shape index (κ3) is 6.80. The highest BCUT2D eigenvalue weighted by Crippen LogP contribution is 2.28. The number of hydrogen-bond donors (Lipinski definition) is 2. The van der Waals surface area contributed by atoms with Crippen LogP contribution >= 0.6 is 11.3 Å². The van der Waals surface area contributed by atoms with E-state index in [9.17, 15) is 14.4 Å². The van der Waals surface area contributed by atoms with Crippen LogP contribution in [0.15, 0.2) is 78.2 Å². The number of ether oxygens (including phenoxy) is 1. The number of benzene rings is 3. The fraction of sp³-hybridized carbons (Fsp3) is 0.303. The molecule has 3 N–H and O–H groups in total. The quantitative estimate of drug-likeness (QED) is 0.271. The van der Waals surface area contributed by atoms with E-state index in [0.29, 0.717) is 24.2 Å². The van der Waals surface area contributed by atoms with Gasteiger partial charge < -0.3 is 25.6 Å². The van der Waals surface area contributed by atoms with Crippen molar-refractivity contribution < 1.29 is 19.1 Å². The molecule has 1 heterocycles. The van der Waals surface area contributed by atoms with Gasteiger partial charge in [-0.15, -0.1) is 11.3 Å². The molecule has 0 radical (unpaired) electrons. The van der Waals surface area contributed by atoms with Gasteiger partial charge in [0.15, 0.2) is 0 Å².